The molecule has 0 aliphatic carbocycles. The summed E-state index contributed by atoms with van der Waals surface area (Å²) in [5.74, 6) is 1.92. The maximum absolute atomic E-state index is 5.03. The van der Waals surface area contributed by atoms with Gasteiger partial charge in [-0.1, -0.05) is 133 Å². The number of nitrogens with zero attached hydrogens (tertiary/aromatic N) is 4. The van der Waals surface area contributed by atoms with Gasteiger partial charge in [-0.25, -0.2) is 15.0 Å². The Labute approximate surface area is 324 Å². The Kier molecular flexibility index (Phi) is 7.42. The molecule has 56 heavy (non-hydrogen) atoms. The third kappa shape index (κ3) is 5.37. The van der Waals surface area contributed by atoms with Gasteiger partial charge in [0.15, 0.2) is 17.5 Å². The van der Waals surface area contributed by atoms with Gasteiger partial charge in [0.2, 0.25) is 0 Å². The highest BCUT2D eigenvalue weighted by Gasteiger charge is 2.22. The van der Waals surface area contributed by atoms with Crippen LogP contribution in [0.2, 0.25) is 0 Å². The van der Waals surface area contributed by atoms with Crippen molar-refractivity contribution in [1.29, 1.82) is 0 Å². The van der Waals surface area contributed by atoms with E-state index in [9.17, 15) is 0 Å². The van der Waals surface area contributed by atoms with Gasteiger partial charge < -0.3 is 9.88 Å². The summed E-state index contributed by atoms with van der Waals surface area (Å²) >= 11 is 0. The predicted molar refractivity (Wildman–Crippen MR) is 230 cm³/mol. The quantitative estimate of drug-likeness (QED) is 0.193. The molecule has 0 unspecified atom stereocenters. The van der Waals surface area contributed by atoms with Gasteiger partial charge in [0.1, 0.15) is 0 Å². The number of hydrogen-bond donors (Lipinski definition) is 1. The summed E-state index contributed by atoms with van der Waals surface area (Å²) in [5, 5.41) is 6.28. The Morgan fingerprint density at radius 2 is 0.786 bits per heavy atom. The lowest BCUT2D eigenvalue weighted by Gasteiger charge is -2.13. The van der Waals surface area contributed by atoms with Crippen LogP contribution in [0.5, 0.6) is 0 Å². The number of nitrogens with one attached hydrogen (secondary N) is 1. The van der Waals surface area contributed by atoms with Gasteiger partial charge >= 0.3 is 0 Å². The number of benzene rings is 8. The Morgan fingerprint density at radius 1 is 0.321 bits per heavy atom. The van der Waals surface area contributed by atoms with Crippen molar-refractivity contribution in [2.24, 2.45) is 0 Å². The molecule has 0 radical (unpaired) electrons. The van der Waals surface area contributed by atoms with Crippen molar-refractivity contribution in [3.05, 3.63) is 194 Å². The Morgan fingerprint density at radius 3 is 1.43 bits per heavy atom. The first-order valence-electron chi connectivity index (χ1n) is 18.9. The molecule has 0 bridgehead atoms. The molecule has 0 fully saturated rings. The molecule has 0 saturated heterocycles. The molecule has 3 heterocycles. The fourth-order valence-electron chi connectivity index (χ4n) is 8.11. The van der Waals surface area contributed by atoms with Crippen molar-refractivity contribution < 1.29 is 0 Å². The maximum Gasteiger partial charge on any atom is 0.164 e. The highest BCUT2D eigenvalue weighted by molar-refractivity contribution is 6.10. The van der Waals surface area contributed by atoms with Crippen molar-refractivity contribution in [2.75, 3.05) is 5.32 Å². The van der Waals surface area contributed by atoms with Gasteiger partial charge in [-0.15, -0.1) is 0 Å². The van der Waals surface area contributed by atoms with Crippen molar-refractivity contribution in [2.45, 2.75) is 0 Å². The van der Waals surface area contributed by atoms with E-state index in [0.717, 1.165) is 56.0 Å². The molecule has 10 aromatic rings. The average Bonchev–Trinajstić information content (AvgIpc) is 3.53. The minimum absolute atomic E-state index is 0.631. The second-order valence-electron chi connectivity index (χ2n) is 14.1. The van der Waals surface area contributed by atoms with Crippen molar-refractivity contribution >= 4 is 33.2 Å². The summed E-state index contributed by atoms with van der Waals surface area (Å²) in [7, 11) is 0. The summed E-state index contributed by atoms with van der Waals surface area (Å²) < 4.78 is 2.36. The zero-order valence-corrected chi connectivity index (χ0v) is 30.3. The fraction of sp³-hybridized carbons (Fsp3) is 0. The summed E-state index contributed by atoms with van der Waals surface area (Å²) in [6, 6.07) is 68.3. The number of anilines is 2. The number of rotatable bonds is 5. The van der Waals surface area contributed by atoms with Crippen molar-refractivity contribution in [3.8, 4) is 73.2 Å². The molecule has 11 rings (SSSR count). The topological polar surface area (TPSA) is 55.6 Å². The van der Waals surface area contributed by atoms with Gasteiger partial charge in [-0.2, -0.15) is 0 Å². The number of hydrogen-bond acceptors (Lipinski definition) is 4. The Balaban J connectivity index is 1.03. The van der Waals surface area contributed by atoms with E-state index in [1.165, 1.54) is 32.9 Å². The van der Waals surface area contributed by atoms with Crippen LogP contribution in [0, 0.1) is 0 Å². The van der Waals surface area contributed by atoms with Gasteiger partial charge in [0, 0.05) is 55.7 Å². The highest BCUT2D eigenvalue weighted by atomic mass is 15.0. The smallest absolute Gasteiger partial charge is 0.164 e. The van der Waals surface area contributed by atoms with Crippen molar-refractivity contribution in [1.82, 2.24) is 19.5 Å². The molecule has 2 aromatic heterocycles. The first-order chi connectivity index (χ1) is 27.7. The fourth-order valence-corrected chi connectivity index (χ4v) is 8.11. The first kappa shape index (κ1) is 31.9. The number of para-hydroxylation sites is 2. The molecule has 8 aromatic carbocycles. The van der Waals surface area contributed by atoms with Gasteiger partial charge in [0.05, 0.1) is 11.0 Å². The monoisotopic (exact) mass is 715 g/mol. The molecule has 0 saturated carbocycles. The number of fused-ring (bicyclic) bond motifs is 8. The molecule has 0 amide bonds. The van der Waals surface area contributed by atoms with Crippen LogP contribution in [0.25, 0.3) is 95.0 Å². The zero-order valence-electron chi connectivity index (χ0n) is 30.3. The van der Waals surface area contributed by atoms with E-state index in [0.29, 0.717) is 17.5 Å². The van der Waals surface area contributed by atoms with E-state index < -0.39 is 0 Å². The van der Waals surface area contributed by atoms with E-state index in [1.807, 2.05) is 60.7 Å². The second-order valence-corrected chi connectivity index (χ2v) is 14.1. The predicted octanol–water partition coefficient (Wildman–Crippen LogP) is 13.0. The molecule has 5 heteroatoms. The average molecular weight is 716 g/mol. The van der Waals surface area contributed by atoms with Crippen molar-refractivity contribution in [3.63, 3.8) is 0 Å². The molecule has 1 aliphatic heterocycles. The van der Waals surface area contributed by atoms with E-state index in [2.05, 4.69) is 143 Å². The molecule has 1 N–H and O–H groups in total. The molecule has 262 valence electrons. The summed E-state index contributed by atoms with van der Waals surface area (Å²) in [5.41, 5.74) is 15.4. The Bertz CT molecular complexity index is 3040. The molecule has 0 atom stereocenters. The normalized spacial score (nSPS) is 11.7. The van der Waals surface area contributed by atoms with Crippen LogP contribution in [0.15, 0.2) is 194 Å². The van der Waals surface area contributed by atoms with E-state index in [-0.39, 0.29) is 0 Å². The molecular weight excluding hydrogens is 683 g/mol. The SMILES string of the molecule is c1ccc(-c2nc(-c3ccccc3)nc(-c3ccc4c(c3)-c3ccccc3-c3cc(-c5ccc6c(c5)c5ccccc5n6-c5ccccc5)ccc3N4)n2)cc1. The third-order valence-corrected chi connectivity index (χ3v) is 10.8. The third-order valence-electron chi connectivity index (χ3n) is 10.8. The van der Waals surface area contributed by atoms with Crippen LogP contribution < -0.4 is 5.32 Å². The first-order valence-corrected chi connectivity index (χ1v) is 18.9. The maximum atomic E-state index is 5.03. The molecule has 5 nitrogen and oxygen atoms in total. The lowest BCUT2D eigenvalue weighted by molar-refractivity contribution is 1.07. The zero-order chi connectivity index (χ0) is 37.0. The largest absolute Gasteiger partial charge is 0.355 e. The minimum Gasteiger partial charge on any atom is -0.355 e. The van der Waals surface area contributed by atoms with Gasteiger partial charge in [0.25, 0.3) is 0 Å². The van der Waals surface area contributed by atoms with Crippen LogP contribution in [0.1, 0.15) is 0 Å². The standard InChI is InChI=1S/C51H33N5/c1-4-14-33(15-5-1)49-53-50(34-16-6-2-7-17-34)55-51(54-49)37-25-28-46-43(32-37)40-21-11-10-20-39(40)42-30-35(24-27-45(42)52-46)36-26-29-48-44(31-36)41-22-12-13-23-47(41)56(48)38-18-8-3-9-19-38/h1-32,52H. The Hall–Kier alpha value is -7.63. The second kappa shape index (κ2) is 13.0. The van der Waals surface area contributed by atoms with Crippen LogP contribution in [0.3, 0.4) is 0 Å². The minimum atomic E-state index is 0.631. The molecule has 0 spiro atoms. The summed E-state index contributed by atoms with van der Waals surface area (Å²) in [6.07, 6.45) is 0. The summed E-state index contributed by atoms with van der Waals surface area (Å²) in [4.78, 5) is 15.0. The summed E-state index contributed by atoms with van der Waals surface area (Å²) in [6.45, 7) is 0. The van der Waals surface area contributed by atoms with Crippen LogP contribution in [-0.4, -0.2) is 19.5 Å². The van der Waals surface area contributed by atoms with E-state index in [1.54, 1.807) is 0 Å². The van der Waals surface area contributed by atoms with Gasteiger partial charge in [-0.05, 0) is 82.9 Å². The number of aromatic nitrogens is 4. The van der Waals surface area contributed by atoms with Crippen LogP contribution in [0.4, 0.5) is 11.4 Å². The van der Waals surface area contributed by atoms with Crippen LogP contribution >= 0.6 is 0 Å². The molecular formula is C51H33N5. The molecule has 1 aliphatic rings. The van der Waals surface area contributed by atoms with E-state index in [4.69, 9.17) is 15.0 Å². The lowest BCUT2D eigenvalue weighted by atomic mass is 9.92. The van der Waals surface area contributed by atoms with Crippen LogP contribution in [-0.2, 0) is 0 Å². The van der Waals surface area contributed by atoms with Gasteiger partial charge in [-0.3, -0.25) is 0 Å². The highest BCUT2D eigenvalue weighted by Crippen LogP contribution is 2.47. The van der Waals surface area contributed by atoms with E-state index >= 15 is 0 Å². The lowest BCUT2D eigenvalue weighted by Crippen LogP contribution is -2.00.